The monoisotopic (exact) mass is 304 g/mol. The largest absolute Gasteiger partial charge is 0.384 e. The molecule has 0 aliphatic carbocycles. The van der Waals surface area contributed by atoms with Gasteiger partial charge in [0.05, 0.1) is 24.2 Å². The maximum Gasteiger partial charge on any atom is 0.138 e. The van der Waals surface area contributed by atoms with Gasteiger partial charge in [0, 0.05) is 50.3 Å². The number of hydrogen-bond donors (Lipinski definition) is 0. The van der Waals surface area contributed by atoms with E-state index < -0.39 is 0 Å². The van der Waals surface area contributed by atoms with Crippen molar-refractivity contribution in [1.82, 2.24) is 19.8 Å². The molecule has 0 bridgehead atoms. The number of aryl methyl sites for hydroxylation is 3. The first-order valence-corrected chi connectivity index (χ1v) is 7.81. The minimum atomic E-state index is 0.370. The van der Waals surface area contributed by atoms with Gasteiger partial charge in [-0.3, -0.25) is 9.58 Å². The van der Waals surface area contributed by atoms with Crippen LogP contribution in [0.1, 0.15) is 41.1 Å². The first-order valence-electron chi connectivity index (χ1n) is 7.81. The molecule has 0 fully saturated rings. The second kappa shape index (κ2) is 6.22. The predicted molar refractivity (Wildman–Crippen MR) is 82.6 cm³/mol. The quantitative estimate of drug-likeness (QED) is 0.848. The van der Waals surface area contributed by atoms with Gasteiger partial charge in [-0.1, -0.05) is 5.16 Å². The van der Waals surface area contributed by atoms with E-state index >= 15 is 0 Å². The molecule has 2 aromatic heterocycles. The molecule has 0 N–H and O–H groups in total. The van der Waals surface area contributed by atoms with E-state index in [1.807, 2.05) is 20.0 Å². The summed E-state index contributed by atoms with van der Waals surface area (Å²) in [4.78, 5) is 2.44. The molecule has 0 spiro atoms. The number of fused-ring (bicyclic) bond motifs is 1. The van der Waals surface area contributed by atoms with Crippen molar-refractivity contribution in [3.8, 4) is 0 Å². The smallest absolute Gasteiger partial charge is 0.138 e. The highest BCUT2D eigenvalue weighted by Crippen LogP contribution is 2.30. The number of methoxy groups -OCH3 is 1. The van der Waals surface area contributed by atoms with Crippen molar-refractivity contribution in [3.05, 3.63) is 34.5 Å². The molecule has 0 amide bonds. The second-order valence-corrected chi connectivity index (χ2v) is 5.99. The summed E-state index contributed by atoms with van der Waals surface area (Å²) in [5.41, 5.74) is 4.82. The summed E-state index contributed by atoms with van der Waals surface area (Å²) in [6.45, 7) is 10.5. The van der Waals surface area contributed by atoms with Crippen molar-refractivity contribution in [2.75, 3.05) is 20.3 Å². The minimum absolute atomic E-state index is 0.370. The third kappa shape index (κ3) is 2.68. The van der Waals surface area contributed by atoms with E-state index in [1.54, 1.807) is 7.11 Å². The van der Waals surface area contributed by atoms with Crippen molar-refractivity contribution in [1.29, 1.82) is 0 Å². The Kier molecular flexibility index (Phi) is 4.31. The fourth-order valence-corrected chi connectivity index (χ4v) is 3.31. The minimum Gasteiger partial charge on any atom is -0.384 e. The van der Waals surface area contributed by atoms with Crippen LogP contribution in [0.4, 0.5) is 0 Å². The Morgan fingerprint density at radius 3 is 2.86 bits per heavy atom. The molecular weight excluding hydrogens is 280 g/mol. The summed E-state index contributed by atoms with van der Waals surface area (Å²) in [6, 6.07) is 0. The van der Waals surface area contributed by atoms with Crippen molar-refractivity contribution in [2.24, 2.45) is 0 Å². The highest BCUT2D eigenvalue weighted by atomic mass is 16.5. The number of hydrogen-bond acceptors (Lipinski definition) is 5. The number of nitrogens with zero attached hydrogens (tertiary/aromatic N) is 4. The molecule has 6 nitrogen and oxygen atoms in total. The highest BCUT2D eigenvalue weighted by Gasteiger charge is 2.29. The van der Waals surface area contributed by atoms with Crippen molar-refractivity contribution in [2.45, 2.75) is 46.3 Å². The number of aromatic nitrogens is 3. The van der Waals surface area contributed by atoms with Crippen LogP contribution < -0.4 is 0 Å². The molecule has 3 heterocycles. The van der Waals surface area contributed by atoms with Gasteiger partial charge in [-0.15, -0.1) is 0 Å². The van der Waals surface area contributed by atoms with Crippen LogP contribution in [0.15, 0.2) is 10.7 Å². The summed E-state index contributed by atoms with van der Waals surface area (Å²) in [6.07, 6.45) is 2.01. The lowest BCUT2D eigenvalue weighted by Gasteiger charge is -2.32. The van der Waals surface area contributed by atoms with E-state index in [4.69, 9.17) is 9.26 Å². The van der Waals surface area contributed by atoms with E-state index in [0.29, 0.717) is 5.92 Å². The molecule has 1 aliphatic heterocycles. The zero-order valence-corrected chi connectivity index (χ0v) is 13.8. The highest BCUT2D eigenvalue weighted by molar-refractivity contribution is 5.27. The Labute approximate surface area is 131 Å². The van der Waals surface area contributed by atoms with Crippen molar-refractivity contribution >= 4 is 0 Å². The van der Waals surface area contributed by atoms with Gasteiger partial charge in [-0.05, 0) is 20.8 Å². The Bertz CT molecular complexity index is 627. The van der Waals surface area contributed by atoms with Crippen LogP contribution in [0.25, 0.3) is 0 Å². The van der Waals surface area contributed by atoms with Crippen LogP contribution in [0.5, 0.6) is 0 Å². The average Bonchev–Trinajstić information content (AvgIpc) is 3.06. The van der Waals surface area contributed by atoms with Crippen LogP contribution in [0, 0.1) is 13.8 Å². The first-order chi connectivity index (χ1) is 10.6. The van der Waals surface area contributed by atoms with Gasteiger partial charge in [-0.25, -0.2) is 0 Å². The average molecular weight is 304 g/mol. The van der Waals surface area contributed by atoms with Crippen LogP contribution in [0.3, 0.4) is 0 Å². The zero-order valence-electron chi connectivity index (χ0n) is 13.8. The standard InChI is InChI=1S/C16H24N4O2/c1-5-20-16-9-19(8-15-11(2)18-22-12(15)3)7-13(10-21-4)14(16)6-17-20/h6,13H,5,7-10H2,1-4H3/t13-/m1/s1. The molecular formula is C16H24N4O2. The summed E-state index contributed by atoms with van der Waals surface area (Å²) in [5.74, 6) is 1.28. The molecule has 6 heteroatoms. The van der Waals surface area contributed by atoms with Gasteiger partial charge >= 0.3 is 0 Å². The lowest BCUT2D eigenvalue weighted by Crippen LogP contribution is -2.35. The molecule has 0 unspecified atom stereocenters. The second-order valence-electron chi connectivity index (χ2n) is 5.99. The lowest BCUT2D eigenvalue weighted by molar-refractivity contribution is 0.133. The summed E-state index contributed by atoms with van der Waals surface area (Å²) in [7, 11) is 1.76. The van der Waals surface area contributed by atoms with E-state index in [9.17, 15) is 0 Å². The third-order valence-corrected chi connectivity index (χ3v) is 4.50. The molecule has 22 heavy (non-hydrogen) atoms. The molecule has 0 saturated heterocycles. The summed E-state index contributed by atoms with van der Waals surface area (Å²) in [5, 5.41) is 8.58. The van der Waals surface area contributed by atoms with Crippen LogP contribution in [-0.2, 0) is 24.4 Å². The first kappa shape index (κ1) is 15.2. The fraction of sp³-hybridized carbons (Fsp3) is 0.625. The van der Waals surface area contributed by atoms with Gasteiger partial charge in [0.25, 0.3) is 0 Å². The van der Waals surface area contributed by atoms with E-state index in [2.05, 4.69) is 26.8 Å². The summed E-state index contributed by atoms with van der Waals surface area (Å²) < 4.78 is 12.8. The number of ether oxygens (including phenoxy) is 1. The maximum atomic E-state index is 5.42. The Morgan fingerprint density at radius 2 is 2.23 bits per heavy atom. The van der Waals surface area contributed by atoms with Crippen molar-refractivity contribution in [3.63, 3.8) is 0 Å². The van der Waals surface area contributed by atoms with Gasteiger partial charge < -0.3 is 9.26 Å². The van der Waals surface area contributed by atoms with Gasteiger partial charge in [0.15, 0.2) is 0 Å². The SMILES string of the molecule is CCn1ncc2c1CN(Cc1c(C)noc1C)C[C@@H]2COC. The maximum absolute atomic E-state index is 5.42. The Balaban J connectivity index is 1.86. The molecule has 3 rings (SSSR count). The van der Waals surface area contributed by atoms with E-state index in [0.717, 1.165) is 44.2 Å². The van der Waals surface area contributed by atoms with Gasteiger partial charge in [-0.2, -0.15) is 5.10 Å². The normalized spacial score (nSPS) is 18.6. The molecule has 1 atom stereocenters. The Hall–Kier alpha value is -1.66. The molecule has 120 valence electrons. The lowest BCUT2D eigenvalue weighted by atomic mass is 9.95. The third-order valence-electron chi connectivity index (χ3n) is 4.50. The van der Waals surface area contributed by atoms with E-state index in [1.165, 1.54) is 16.8 Å². The zero-order chi connectivity index (χ0) is 15.7. The van der Waals surface area contributed by atoms with E-state index in [-0.39, 0.29) is 0 Å². The van der Waals surface area contributed by atoms with Crippen LogP contribution in [-0.4, -0.2) is 40.1 Å². The molecule has 0 saturated carbocycles. The molecule has 2 aromatic rings. The fourth-order valence-electron chi connectivity index (χ4n) is 3.31. The van der Waals surface area contributed by atoms with Crippen LogP contribution in [0.2, 0.25) is 0 Å². The van der Waals surface area contributed by atoms with Crippen LogP contribution >= 0.6 is 0 Å². The van der Waals surface area contributed by atoms with Gasteiger partial charge in [0.1, 0.15) is 5.76 Å². The molecule has 0 aromatic carbocycles. The van der Waals surface area contributed by atoms with Crippen molar-refractivity contribution < 1.29 is 9.26 Å². The Morgan fingerprint density at radius 1 is 1.41 bits per heavy atom. The molecule has 1 aliphatic rings. The predicted octanol–water partition coefficient (Wildman–Crippen LogP) is 2.25. The molecule has 0 radical (unpaired) electrons. The summed E-state index contributed by atoms with van der Waals surface area (Å²) >= 11 is 0. The number of rotatable bonds is 5. The van der Waals surface area contributed by atoms with Gasteiger partial charge in [0.2, 0.25) is 0 Å². The topological polar surface area (TPSA) is 56.3 Å².